The van der Waals surface area contributed by atoms with Gasteiger partial charge in [-0.05, 0) is 92.7 Å². The van der Waals surface area contributed by atoms with Gasteiger partial charge in [0.2, 0.25) is 0 Å². The predicted octanol–water partition coefficient (Wildman–Crippen LogP) is 5.77. The standard InChI is InChI=1S/C31H41NO4/c1-20(33)31(36-21(2)34)16-13-27-25-17-22(19-32(5)23-9-7-6-8-10-23)28-18-24(35)11-14-29(28,3)26(25)12-15-30(27,31)4/h6-10,18,22,25-27H,11-17,19H2,1-5H3/t22?,25-,26+,27+,29-,30+,31+/m1/s1. The summed E-state index contributed by atoms with van der Waals surface area (Å²) in [6.45, 7) is 8.53. The number of Topliss-reactive ketones (excluding diaryl/α,β-unsaturated/α-hetero) is 1. The molecule has 4 aliphatic rings. The fourth-order valence-corrected chi connectivity index (χ4v) is 9.14. The number of hydrogen-bond donors (Lipinski definition) is 0. The van der Waals surface area contributed by atoms with E-state index in [9.17, 15) is 14.4 Å². The highest BCUT2D eigenvalue weighted by molar-refractivity contribution is 5.92. The molecule has 1 aromatic carbocycles. The van der Waals surface area contributed by atoms with E-state index < -0.39 is 5.60 Å². The van der Waals surface area contributed by atoms with Crippen LogP contribution < -0.4 is 4.90 Å². The molecular weight excluding hydrogens is 450 g/mol. The summed E-state index contributed by atoms with van der Waals surface area (Å²) in [6, 6.07) is 10.4. The number of para-hydroxylation sites is 1. The average molecular weight is 492 g/mol. The van der Waals surface area contributed by atoms with E-state index in [0.29, 0.717) is 30.6 Å². The second kappa shape index (κ2) is 8.85. The highest BCUT2D eigenvalue weighted by Crippen LogP contribution is 2.69. The number of carbonyl (C=O) groups excluding carboxylic acids is 3. The minimum absolute atomic E-state index is 0.00323. The van der Waals surface area contributed by atoms with Crippen molar-refractivity contribution in [2.24, 2.45) is 34.5 Å². The van der Waals surface area contributed by atoms with Gasteiger partial charge in [-0.2, -0.15) is 0 Å². The SMILES string of the molecule is CC(=O)O[C@]1(C(C)=O)CC[C@H]2[C@@H]3CC(CN(C)c4ccccc4)C4=CC(=O)CC[C@]4(C)[C@H]3CC[C@@]21C. The first kappa shape index (κ1) is 25.2. The second-order valence-electron chi connectivity index (χ2n) is 12.5. The molecule has 1 aromatic rings. The first-order valence-corrected chi connectivity index (χ1v) is 13.7. The summed E-state index contributed by atoms with van der Waals surface area (Å²) in [5.41, 5.74) is 1.18. The number of nitrogens with zero attached hydrogens (tertiary/aromatic N) is 1. The highest BCUT2D eigenvalue weighted by atomic mass is 16.6. The maximum atomic E-state index is 13.1. The Kier molecular flexibility index (Phi) is 6.20. The van der Waals surface area contributed by atoms with Gasteiger partial charge in [0, 0.05) is 38.0 Å². The topological polar surface area (TPSA) is 63.7 Å². The number of hydrogen-bond acceptors (Lipinski definition) is 5. The van der Waals surface area contributed by atoms with Crippen molar-refractivity contribution >= 4 is 23.2 Å². The van der Waals surface area contributed by atoms with Gasteiger partial charge in [0.1, 0.15) is 0 Å². The third-order valence-corrected chi connectivity index (χ3v) is 10.8. The van der Waals surface area contributed by atoms with Crippen LogP contribution >= 0.6 is 0 Å². The lowest BCUT2D eigenvalue weighted by molar-refractivity contribution is -0.187. The second-order valence-corrected chi connectivity index (χ2v) is 12.5. The Bertz CT molecular complexity index is 1100. The molecule has 0 aliphatic heterocycles. The van der Waals surface area contributed by atoms with Gasteiger partial charge < -0.3 is 9.64 Å². The van der Waals surface area contributed by atoms with Crippen molar-refractivity contribution in [3.05, 3.63) is 42.0 Å². The maximum Gasteiger partial charge on any atom is 0.303 e. The van der Waals surface area contributed by atoms with Crippen LogP contribution in [0.25, 0.3) is 0 Å². The van der Waals surface area contributed by atoms with E-state index in [2.05, 4.69) is 50.1 Å². The van der Waals surface area contributed by atoms with E-state index in [1.54, 1.807) is 6.92 Å². The van der Waals surface area contributed by atoms with Crippen LogP contribution in [0.4, 0.5) is 5.69 Å². The number of carbonyl (C=O) groups is 3. The van der Waals surface area contributed by atoms with Gasteiger partial charge in [-0.25, -0.2) is 0 Å². The highest BCUT2D eigenvalue weighted by Gasteiger charge is 2.68. The molecule has 0 heterocycles. The van der Waals surface area contributed by atoms with Crippen molar-refractivity contribution in [1.29, 1.82) is 0 Å². The van der Waals surface area contributed by atoms with Crippen molar-refractivity contribution in [2.75, 3.05) is 18.5 Å². The molecule has 3 saturated carbocycles. The van der Waals surface area contributed by atoms with Crippen LogP contribution in [0, 0.1) is 34.5 Å². The molecule has 0 radical (unpaired) electrons. The van der Waals surface area contributed by atoms with E-state index >= 15 is 0 Å². The lowest BCUT2D eigenvalue weighted by atomic mass is 9.44. The number of rotatable bonds is 5. The third kappa shape index (κ3) is 3.68. The van der Waals surface area contributed by atoms with Gasteiger partial charge in [0.05, 0.1) is 0 Å². The third-order valence-electron chi connectivity index (χ3n) is 10.8. The molecule has 5 rings (SSSR count). The summed E-state index contributed by atoms with van der Waals surface area (Å²) in [5, 5.41) is 0. The van der Waals surface area contributed by atoms with Crippen molar-refractivity contribution in [3.63, 3.8) is 0 Å². The van der Waals surface area contributed by atoms with Crippen LogP contribution in [-0.2, 0) is 19.1 Å². The van der Waals surface area contributed by atoms with Crippen molar-refractivity contribution < 1.29 is 19.1 Å². The minimum Gasteiger partial charge on any atom is -0.451 e. The van der Waals surface area contributed by atoms with Crippen molar-refractivity contribution in [3.8, 4) is 0 Å². The molecule has 1 unspecified atom stereocenters. The van der Waals surface area contributed by atoms with Gasteiger partial charge in [0.25, 0.3) is 0 Å². The van der Waals surface area contributed by atoms with Crippen LogP contribution in [0.5, 0.6) is 0 Å². The lowest BCUT2D eigenvalue weighted by Crippen LogP contribution is -2.59. The fourth-order valence-electron chi connectivity index (χ4n) is 9.14. The Morgan fingerprint density at radius 2 is 1.72 bits per heavy atom. The first-order chi connectivity index (χ1) is 17.0. The number of ketones is 2. The minimum atomic E-state index is -1.01. The molecule has 194 valence electrons. The van der Waals surface area contributed by atoms with Gasteiger partial charge in [-0.15, -0.1) is 0 Å². The molecule has 0 saturated heterocycles. The Hall–Kier alpha value is -2.43. The van der Waals surface area contributed by atoms with Gasteiger partial charge in [0.15, 0.2) is 17.2 Å². The molecular formula is C31H41NO4. The number of esters is 1. The summed E-state index contributed by atoms with van der Waals surface area (Å²) >= 11 is 0. The maximum absolute atomic E-state index is 13.1. The van der Waals surface area contributed by atoms with Crippen LogP contribution in [0.3, 0.4) is 0 Å². The normalized spacial score (nSPS) is 39.4. The lowest BCUT2D eigenvalue weighted by Gasteiger charge is -2.61. The van der Waals surface area contributed by atoms with E-state index in [1.165, 1.54) is 18.2 Å². The quantitative estimate of drug-likeness (QED) is 0.489. The summed E-state index contributed by atoms with van der Waals surface area (Å²) in [5.74, 6) is 1.46. The zero-order valence-electron chi connectivity index (χ0n) is 22.5. The zero-order valence-corrected chi connectivity index (χ0v) is 22.5. The smallest absolute Gasteiger partial charge is 0.303 e. The summed E-state index contributed by atoms with van der Waals surface area (Å²) < 4.78 is 5.95. The monoisotopic (exact) mass is 491 g/mol. The molecule has 0 amide bonds. The van der Waals surface area contributed by atoms with E-state index in [1.807, 2.05) is 12.1 Å². The van der Waals surface area contributed by atoms with Gasteiger partial charge in [-0.3, -0.25) is 14.4 Å². The zero-order chi connectivity index (χ0) is 25.9. The summed E-state index contributed by atoms with van der Waals surface area (Å²) in [6.07, 6.45) is 7.98. The first-order valence-electron chi connectivity index (χ1n) is 13.7. The van der Waals surface area contributed by atoms with Crippen LogP contribution in [0.1, 0.15) is 72.6 Å². The largest absolute Gasteiger partial charge is 0.451 e. The summed E-state index contributed by atoms with van der Waals surface area (Å²) in [4.78, 5) is 40.2. The average Bonchev–Trinajstić information content (AvgIpc) is 3.13. The fraction of sp³-hybridized carbons (Fsp3) is 0.645. The molecule has 0 bridgehead atoms. The van der Waals surface area contributed by atoms with E-state index in [4.69, 9.17) is 4.74 Å². The number of fused-ring (bicyclic) bond motifs is 5. The molecule has 0 spiro atoms. The van der Waals surface area contributed by atoms with E-state index in [0.717, 1.165) is 38.6 Å². The number of ether oxygens (including phenoxy) is 1. The predicted molar refractivity (Wildman–Crippen MR) is 140 cm³/mol. The van der Waals surface area contributed by atoms with Gasteiger partial charge in [-0.1, -0.05) is 37.6 Å². The molecule has 0 N–H and O–H groups in total. The Morgan fingerprint density at radius 1 is 1.03 bits per heavy atom. The van der Waals surface area contributed by atoms with Crippen LogP contribution in [0.2, 0.25) is 0 Å². The molecule has 5 heteroatoms. The molecule has 36 heavy (non-hydrogen) atoms. The molecule has 0 aromatic heterocycles. The molecule has 5 nitrogen and oxygen atoms in total. The van der Waals surface area contributed by atoms with E-state index in [-0.39, 0.29) is 34.3 Å². The molecule has 3 fully saturated rings. The Labute approximate surface area is 215 Å². The molecule has 7 atom stereocenters. The number of benzene rings is 1. The van der Waals surface area contributed by atoms with Crippen molar-refractivity contribution in [2.45, 2.75) is 78.2 Å². The van der Waals surface area contributed by atoms with Gasteiger partial charge >= 0.3 is 5.97 Å². The van der Waals surface area contributed by atoms with Crippen molar-refractivity contribution in [1.82, 2.24) is 0 Å². The molecule has 4 aliphatic carbocycles. The Balaban J connectivity index is 1.52. The summed E-state index contributed by atoms with van der Waals surface area (Å²) in [7, 11) is 2.14. The Morgan fingerprint density at radius 3 is 2.39 bits per heavy atom. The van der Waals surface area contributed by atoms with Crippen LogP contribution in [-0.4, -0.2) is 36.7 Å². The number of anilines is 1. The van der Waals surface area contributed by atoms with Crippen LogP contribution in [0.15, 0.2) is 42.0 Å².